The van der Waals surface area contributed by atoms with Crippen molar-refractivity contribution in [2.24, 2.45) is 0 Å². The summed E-state index contributed by atoms with van der Waals surface area (Å²) >= 11 is 0. The molecule has 0 aliphatic rings. The Morgan fingerprint density at radius 3 is 2.75 bits per heavy atom. The lowest BCUT2D eigenvalue weighted by Crippen LogP contribution is -2.25. The first-order chi connectivity index (χ1) is 13.8. The second-order valence-electron chi connectivity index (χ2n) is 6.98. The topological polar surface area (TPSA) is 34.0 Å². The van der Waals surface area contributed by atoms with E-state index in [2.05, 4.69) is 31.6 Å². The van der Waals surface area contributed by atoms with Gasteiger partial charge in [0.1, 0.15) is 5.82 Å². The van der Waals surface area contributed by atoms with Crippen molar-refractivity contribution >= 4 is 10.9 Å². The van der Waals surface area contributed by atoms with Crippen molar-refractivity contribution in [2.45, 2.75) is 26.1 Å². The van der Waals surface area contributed by atoms with E-state index in [4.69, 9.17) is 0 Å². The van der Waals surface area contributed by atoms with Crippen LogP contribution < -0.4 is 0 Å². The fourth-order valence-electron chi connectivity index (χ4n) is 3.54. The summed E-state index contributed by atoms with van der Waals surface area (Å²) in [5, 5.41) is 1.17. The zero-order valence-electron chi connectivity index (χ0n) is 15.7. The molecule has 0 bridgehead atoms. The van der Waals surface area contributed by atoms with Crippen LogP contribution >= 0.6 is 0 Å². The minimum Gasteiger partial charge on any atom is -0.337 e. The highest BCUT2D eigenvalue weighted by Gasteiger charge is 2.10. The molecule has 0 N–H and O–H groups in total. The van der Waals surface area contributed by atoms with Gasteiger partial charge in [-0.1, -0.05) is 30.3 Å². The van der Waals surface area contributed by atoms with E-state index in [0.717, 1.165) is 37.1 Å². The number of nitrogens with zero attached hydrogens (tertiary/aromatic N) is 4. The maximum absolute atomic E-state index is 13.7. The lowest BCUT2D eigenvalue weighted by Gasteiger charge is -2.23. The van der Waals surface area contributed by atoms with E-state index in [-0.39, 0.29) is 5.82 Å². The van der Waals surface area contributed by atoms with Gasteiger partial charge in [-0.2, -0.15) is 0 Å². The molecular formula is C23H23FN4. The Kier molecular flexibility index (Phi) is 5.73. The summed E-state index contributed by atoms with van der Waals surface area (Å²) < 4.78 is 15.7. The predicted molar refractivity (Wildman–Crippen MR) is 109 cm³/mol. The molecule has 5 heteroatoms. The zero-order valence-corrected chi connectivity index (χ0v) is 15.7. The van der Waals surface area contributed by atoms with E-state index < -0.39 is 0 Å². The zero-order chi connectivity index (χ0) is 19.2. The number of aryl methyl sites for hydroxylation is 1. The number of aromatic nitrogens is 3. The van der Waals surface area contributed by atoms with E-state index in [1.165, 1.54) is 17.0 Å². The summed E-state index contributed by atoms with van der Waals surface area (Å²) in [6.45, 7) is 3.32. The summed E-state index contributed by atoms with van der Waals surface area (Å²) in [5.74, 6) is -0.190. The van der Waals surface area contributed by atoms with Gasteiger partial charge in [-0.3, -0.25) is 9.88 Å². The monoisotopic (exact) mass is 374 g/mol. The first-order valence-corrected chi connectivity index (χ1v) is 9.53. The third kappa shape index (κ3) is 4.61. The molecule has 2 aromatic heterocycles. The highest BCUT2D eigenvalue weighted by atomic mass is 19.1. The molecule has 2 aromatic carbocycles. The van der Waals surface area contributed by atoms with Crippen LogP contribution in [0.2, 0.25) is 0 Å². The molecule has 0 radical (unpaired) electrons. The summed E-state index contributed by atoms with van der Waals surface area (Å²) in [5.41, 5.74) is 3.23. The maximum atomic E-state index is 13.7. The molecule has 0 fully saturated rings. The molecule has 0 aliphatic carbocycles. The Labute approximate surface area is 164 Å². The van der Waals surface area contributed by atoms with Crippen molar-refractivity contribution in [1.29, 1.82) is 0 Å². The van der Waals surface area contributed by atoms with Crippen molar-refractivity contribution < 1.29 is 4.39 Å². The average Bonchev–Trinajstić information content (AvgIpc) is 3.22. The molecule has 0 atom stereocenters. The van der Waals surface area contributed by atoms with Gasteiger partial charge in [0.25, 0.3) is 0 Å². The van der Waals surface area contributed by atoms with Crippen molar-refractivity contribution in [3.8, 4) is 0 Å². The van der Waals surface area contributed by atoms with Crippen molar-refractivity contribution in [3.05, 3.63) is 96.5 Å². The number of imidazole rings is 1. The van der Waals surface area contributed by atoms with E-state index in [1.54, 1.807) is 18.3 Å². The molecule has 0 saturated heterocycles. The summed E-state index contributed by atoms with van der Waals surface area (Å²) in [4.78, 5) is 10.9. The molecule has 0 amide bonds. The van der Waals surface area contributed by atoms with Gasteiger partial charge in [0.05, 0.1) is 11.8 Å². The maximum Gasteiger partial charge on any atom is 0.123 e. The van der Waals surface area contributed by atoms with Crippen LogP contribution in [0.15, 0.2) is 79.5 Å². The number of rotatable bonds is 8. The number of hydrogen-bond donors (Lipinski definition) is 0. The van der Waals surface area contributed by atoms with Crippen LogP contribution in [-0.4, -0.2) is 26.0 Å². The second-order valence-corrected chi connectivity index (χ2v) is 6.98. The fraction of sp³-hybridized carbons (Fsp3) is 0.217. The first-order valence-electron chi connectivity index (χ1n) is 9.53. The Bertz CT molecular complexity index is 1020. The molecular weight excluding hydrogens is 351 g/mol. The van der Waals surface area contributed by atoms with Gasteiger partial charge >= 0.3 is 0 Å². The lowest BCUT2D eigenvalue weighted by molar-refractivity contribution is 0.249. The molecule has 0 aliphatic heterocycles. The van der Waals surface area contributed by atoms with Crippen LogP contribution in [0.4, 0.5) is 4.39 Å². The SMILES string of the molecule is Fc1cccc(CN(CCCn2ccnc2)Cc2ccnc3ccccc23)c1. The van der Waals surface area contributed by atoms with Crippen LogP contribution in [0.1, 0.15) is 17.5 Å². The summed E-state index contributed by atoms with van der Waals surface area (Å²) in [6, 6.07) is 17.1. The van der Waals surface area contributed by atoms with Gasteiger partial charge in [-0.25, -0.2) is 9.37 Å². The molecule has 4 nitrogen and oxygen atoms in total. The highest BCUT2D eigenvalue weighted by Crippen LogP contribution is 2.19. The molecule has 0 saturated carbocycles. The molecule has 28 heavy (non-hydrogen) atoms. The van der Waals surface area contributed by atoms with E-state index in [9.17, 15) is 4.39 Å². The number of para-hydroxylation sites is 1. The minimum absolute atomic E-state index is 0.190. The highest BCUT2D eigenvalue weighted by molar-refractivity contribution is 5.81. The fourth-order valence-corrected chi connectivity index (χ4v) is 3.54. The number of benzene rings is 2. The van der Waals surface area contributed by atoms with Crippen molar-refractivity contribution in [2.75, 3.05) is 6.54 Å². The first kappa shape index (κ1) is 18.3. The molecule has 142 valence electrons. The van der Waals surface area contributed by atoms with Gasteiger partial charge in [0.15, 0.2) is 0 Å². The minimum atomic E-state index is -0.190. The van der Waals surface area contributed by atoms with Gasteiger partial charge in [0, 0.05) is 50.2 Å². The Morgan fingerprint density at radius 1 is 0.964 bits per heavy atom. The number of hydrogen-bond acceptors (Lipinski definition) is 3. The summed E-state index contributed by atoms with van der Waals surface area (Å²) in [7, 11) is 0. The standard InChI is InChI=1S/C23H23FN4/c24-21-6-3-5-19(15-21)16-28(13-4-12-27-14-11-25-18-27)17-20-9-10-26-23-8-2-1-7-22(20)23/h1-3,5-11,14-15,18H,4,12-13,16-17H2. The van der Waals surface area contributed by atoms with Crippen LogP contribution in [0.5, 0.6) is 0 Å². The molecule has 4 aromatic rings. The molecule has 0 spiro atoms. The molecule has 0 unspecified atom stereocenters. The summed E-state index contributed by atoms with van der Waals surface area (Å²) in [6.07, 6.45) is 8.48. The third-order valence-corrected chi connectivity index (χ3v) is 4.88. The van der Waals surface area contributed by atoms with E-state index in [0.29, 0.717) is 6.54 Å². The second kappa shape index (κ2) is 8.76. The Hall–Kier alpha value is -3.05. The smallest absolute Gasteiger partial charge is 0.123 e. The van der Waals surface area contributed by atoms with Gasteiger partial charge in [-0.15, -0.1) is 0 Å². The van der Waals surface area contributed by atoms with Gasteiger partial charge in [-0.05, 0) is 41.8 Å². The number of halogens is 1. The van der Waals surface area contributed by atoms with Crippen molar-refractivity contribution in [3.63, 3.8) is 0 Å². The number of pyridine rings is 1. The Balaban J connectivity index is 1.52. The van der Waals surface area contributed by atoms with Crippen LogP contribution in [-0.2, 0) is 19.6 Å². The van der Waals surface area contributed by atoms with Gasteiger partial charge in [0.2, 0.25) is 0 Å². The Morgan fingerprint density at radius 2 is 1.89 bits per heavy atom. The normalized spacial score (nSPS) is 11.4. The predicted octanol–water partition coefficient (Wildman–Crippen LogP) is 4.66. The molecule has 2 heterocycles. The van der Waals surface area contributed by atoms with E-state index >= 15 is 0 Å². The largest absolute Gasteiger partial charge is 0.337 e. The third-order valence-electron chi connectivity index (χ3n) is 4.88. The van der Waals surface area contributed by atoms with Crippen molar-refractivity contribution in [1.82, 2.24) is 19.4 Å². The molecule has 4 rings (SSSR count). The van der Waals surface area contributed by atoms with E-state index in [1.807, 2.05) is 43.0 Å². The van der Waals surface area contributed by atoms with Crippen LogP contribution in [0.25, 0.3) is 10.9 Å². The van der Waals surface area contributed by atoms with Gasteiger partial charge < -0.3 is 4.57 Å². The van der Waals surface area contributed by atoms with Crippen LogP contribution in [0.3, 0.4) is 0 Å². The van der Waals surface area contributed by atoms with Crippen LogP contribution in [0, 0.1) is 5.82 Å². The average molecular weight is 374 g/mol. The number of fused-ring (bicyclic) bond motifs is 1. The quantitative estimate of drug-likeness (QED) is 0.450. The lowest BCUT2D eigenvalue weighted by atomic mass is 10.1.